The van der Waals surface area contributed by atoms with Gasteiger partial charge in [0.25, 0.3) is 0 Å². The van der Waals surface area contributed by atoms with Crippen LogP contribution >= 0.6 is 0 Å². The van der Waals surface area contributed by atoms with Crippen LogP contribution in [0.2, 0.25) is 0 Å². The number of ether oxygens (including phenoxy) is 1. The van der Waals surface area contributed by atoms with Gasteiger partial charge in [-0.3, -0.25) is 4.98 Å². The van der Waals surface area contributed by atoms with Gasteiger partial charge in [-0.25, -0.2) is 4.79 Å². The molecule has 1 N–H and O–H groups in total. The smallest absolute Gasteiger partial charge is 0.380 e. The van der Waals surface area contributed by atoms with E-state index in [9.17, 15) is 18.7 Å². The van der Waals surface area contributed by atoms with Gasteiger partial charge in [0.15, 0.2) is 6.10 Å². The number of aryl methyl sites for hydroxylation is 1. The Morgan fingerprint density at radius 1 is 1.59 bits per heavy atom. The number of alkyl halides is 2. The average molecular weight is 245 g/mol. The van der Waals surface area contributed by atoms with Gasteiger partial charge in [0.2, 0.25) is 0 Å². The van der Waals surface area contributed by atoms with Gasteiger partial charge in [-0.15, -0.1) is 0 Å². The fourth-order valence-electron chi connectivity index (χ4n) is 1.19. The lowest BCUT2D eigenvalue weighted by Gasteiger charge is -2.20. The van der Waals surface area contributed by atoms with E-state index in [1.807, 2.05) is 0 Å². The summed E-state index contributed by atoms with van der Waals surface area (Å²) in [5.41, 5.74) is 0.494. The first-order chi connectivity index (χ1) is 7.89. The van der Waals surface area contributed by atoms with Crippen molar-refractivity contribution in [3.63, 3.8) is 0 Å². The summed E-state index contributed by atoms with van der Waals surface area (Å²) in [6.45, 7) is 2.92. The molecule has 0 saturated carbocycles. The highest BCUT2D eigenvalue weighted by Gasteiger charge is 2.49. The van der Waals surface area contributed by atoms with Crippen molar-refractivity contribution in [1.29, 1.82) is 0 Å². The molecule has 0 saturated heterocycles. The maximum atomic E-state index is 13.4. The number of rotatable bonds is 4. The molecule has 0 aliphatic heterocycles. The van der Waals surface area contributed by atoms with Crippen molar-refractivity contribution in [3.05, 3.63) is 29.6 Å². The monoisotopic (exact) mass is 245 g/mol. The molecular formula is C11H13F2NO3. The van der Waals surface area contributed by atoms with Crippen LogP contribution in [0.4, 0.5) is 8.78 Å². The summed E-state index contributed by atoms with van der Waals surface area (Å²) in [5.74, 6) is -5.72. The average Bonchev–Trinajstić information content (AvgIpc) is 2.29. The highest BCUT2D eigenvalue weighted by Crippen LogP contribution is 2.32. The molecule has 0 aromatic carbocycles. The molecule has 0 aliphatic rings. The fourth-order valence-corrected chi connectivity index (χ4v) is 1.19. The normalized spacial score (nSPS) is 13.2. The van der Waals surface area contributed by atoms with Crippen LogP contribution < -0.4 is 0 Å². The summed E-state index contributed by atoms with van der Waals surface area (Å²) in [5, 5.41) is 9.45. The van der Waals surface area contributed by atoms with Gasteiger partial charge in [-0.1, -0.05) is 6.07 Å². The largest absolute Gasteiger partial charge is 0.461 e. The van der Waals surface area contributed by atoms with E-state index in [-0.39, 0.29) is 12.2 Å². The van der Waals surface area contributed by atoms with Crippen molar-refractivity contribution in [3.8, 4) is 0 Å². The van der Waals surface area contributed by atoms with E-state index in [0.29, 0.717) is 5.69 Å². The Hall–Kier alpha value is -1.56. The number of esters is 1. The molecule has 6 heteroatoms. The molecule has 0 spiro atoms. The van der Waals surface area contributed by atoms with Gasteiger partial charge in [-0.2, -0.15) is 8.78 Å². The Labute approximate surface area is 97.2 Å². The van der Waals surface area contributed by atoms with E-state index >= 15 is 0 Å². The van der Waals surface area contributed by atoms with Crippen molar-refractivity contribution in [2.75, 3.05) is 6.61 Å². The van der Waals surface area contributed by atoms with Gasteiger partial charge >= 0.3 is 11.9 Å². The molecule has 4 nitrogen and oxygen atoms in total. The van der Waals surface area contributed by atoms with Crippen LogP contribution in [0.25, 0.3) is 0 Å². The first-order valence-electron chi connectivity index (χ1n) is 5.05. The number of carbonyl (C=O) groups is 1. The molecule has 0 radical (unpaired) electrons. The first kappa shape index (κ1) is 13.5. The minimum absolute atomic E-state index is 0.131. The fraction of sp³-hybridized carbons (Fsp3) is 0.455. The van der Waals surface area contributed by atoms with Crippen LogP contribution in [0.15, 0.2) is 18.3 Å². The predicted molar refractivity (Wildman–Crippen MR) is 55.5 cm³/mol. The number of pyridine rings is 1. The van der Waals surface area contributed by atoms with E-state index in [4.69, 9.17) is 0 Å². The summed E-state index contributed by atoms with van der Waals surface area (Å²) in [7, 11) is 0. The molecule has 1 atom stereocenters. The van der Waals surface area contributed by atoms with Gasteiger partial charge in [0.1, 0.15) is 0 Å². The zero-order chi connectivity index (χ0) is 13.1. The summed E-state index contributed by atoms with van der Waals surface area (Å²) in [4.78, 5) is 14.8. The number of halogens is 2. The second-order valence-electron chi connectivity index (χ2n) is 3.48. The molecule has 0 bridgehead atoms. The third kappa shape index (κ3) is 2.97. The summed E-state index contributed by atoms with van der Waals surface area (Å²) >= 11 is 0. The van der Waals surface area contributed by atoms with E-state index < -0.39 is 18.0 Å². The van der Waals surface area contributed by atoms with Crippen LogP contribution in [-0.4, -0.2) is 28.6 Å². The van der Waals surface area contributed by atoms with Crippen molar-refractivity contribution in [2.24, 2.45) is 0 Å². The SMILES string of the molecule is CCOC(=O)C(F)(F)C(O)c1ccc(C)nc1. The molecule has 1 rings (SSSR count). The van der Waals surface area contributed by atoms with E-state index in [0.717, 1.165) is 6.20 Å². The third-order valence-corrected chi connectivity index (χ3v) is 2.14. The lowest BCUT2D eigenvalue weighted by Crippen LogP contribution is -2.37. The Morgan fingerprint density at radius 3 is 2.71 bits per heavy atom. The summed E-state index contributed by atoms with van der Waals surface area (Å²) in [6.07, 6.45) is -1.15. The second-order valence-corrected chi connectivity index (χ2v) is 3.48. The molecule has 0 aliphatic carbocycles. The number of aliphatic hydroxyl groups excluding tert-OH is 1. The minimum Gasteiger partial charge on any atom is -0.461 e. The molecule has 1 heterocycles. The van der Waals surface area contributed by atoms with Gasteiger partial charge in [0.05, 0.1) is 6.61 Å². The molecule has 1 aromatic rings. The number of aromatic nitrogens is 1. The third-order valence-electron chi connectivity index (χ3n) is 2.14. The Kier molecular flexibility index (Phi) is 4.11. The molecular weight excluding hydrogens is 232 g/mol. The van der Waals surface area contributed by atoms with Crippen molar-refractivity contribution in [1.82, 2.24) is 4.98 Å². The molecule has 1 unspecified atom stereocenters. The quantitative estimate of drug-likeness (QED) is 0.819. The van der Waals surface area contributed by atoms with Crippen LogP contribution in [0.1, 0.15) is 24.3 Å². The zero-order valence-electron chi connectivity index (χ0n) is 9.48. The first-order valence-corrected chi connectivity index (χ1v) is 5.05. The van der Waals surface area contributed by atoms with Gasteiger partial charge in [-0.05, 0) is 19.9 Å². The van der Waals surface area contributed by atoms with Gasteiger partial charge in [0, 0.05) is 17.5 Å². The molecule has 17 heavy (non-hydrogen) atoms. The van der Waals surface area contributed by atoms with Gasteiger partial charge < -0.3 is 9.84 Å². The number of nitrogens with zero attached hydrogens (tertiary/aromatic N) is 1. The Bertz CT molecular complexity index is 392. The standard InChI is InChI=1S/C11H13F2NO3/c1-3-17-10(16)11(12,13)9(15)8-5-4-7(2)14-6-8/h4-6,9,15H,3H2,1-2H3. The Morgan fingerprint density at radius 2 is 2.24 bits per heavy atom. The number of hydrogen-bond acceptors (Lipinski definition) is 4. The lowest BCUT2D eigenvalue weighted by atomic mass is 10.1. The van der Waals surface area contributed by atoms with E-state index in [2.05, 4.69) is 9.72 Å². The van der Waals surface area contributed by atoms with Crippen LogP contribution in [0.3, 0.4) is 0 Å². The molecule has 94 valence electrons. The van der Waals surface area contributed by atoms with Crippen LogP contribution in [-0.2, 0) is 9.53 Å². The van der Waals surface area contributed by atoms with Crippen LogP contribution in [0, 0.1) is 6.92 Å². The number of aliphatic hydroxyl groups is 1. The van der Waals surface area contributed by atoms with E-state index in [1.54, 1.807) is 6.92 Å². The minimum atomic E-state index is -3.98. The topological polar surface area (TPSA) is 59.4 Å². The lowest BCUT2D eigenvalue weighted by molar-refractivity contribution is -0.189. The van der Waals surface area contributed by atoms with Crippen molar-refractivity contribution in [2.45, 2.75) is 25.9 Å². The van der Waals surface area contributed by atoms with E-state index in [1.165, 1.54) is 19.1 Å². The van der Waals surface area contributed by atoms with Crippen LogP contribution in [0.5, 0.6) is 0 Å². The molecule has 0 amide bonds. The maximum absolute atomic E-state index is 13.4. The second kappa shape index (κ2) is 5.18. The number of carbonyl (C=O) groups excluding carboxylic acids is 1. The predicted octanol–water partition coefficient (Wildman–Crippen LogP) is 1.62. The summed E-state index contributed by atoms with van der Waals surface area (Å²) in [6, 6.07) is 2.76. The highest BCUT2D eigenvalue weighted by molar-refractivity contribution is 5.78. The van der Waals surface area contributed by atoms with Crippen molar-refractivity contribution >= 4 is 5.97 Å². The highest BCUT2D eigenvalue weighted by atomic mass is 19.3. The summed E-state index contributed by atoms with van der Waals surface area (Å²) < 4.78 is 31.1. The zero-order valence-corrected chi connectivity index (χ0v) is 9.48. The molecule has 1 aromatic heterocycles. The maximum Gasteiger partial charge on any atom is 0.380 e. The Balaban J connectivity index is 2.91. The van der Waals surface area contributed by atoms with Crippen molar-refractivity contribution < 1.29 is 23.4 Å². The molecule has 0 fully saturated rings. The number of hydrogen-bond donors (Lipinski definition) is 1.